The predicted molar refractivity (Wildman–Crippen MR) is 49.6 cm³/mol. The van der Waals surface area contributed by atoms with Crippen LogP contribution in [0.1, 0.15) is 46.5 Å². The Morgan fingerprint density at radius 1 is 1.27 bits per heavy atom. The Morgan fingerprint density at radius 3 is 2.00 bits per heavy atom. The summed E-state index contributed by atoms with van der Waals surface area (Å²) in [5, 5.41) is 8.68. The Morgan fingerprint density at radius 2 is 1.82 bits per heavy atom. The van der Waals surface area contributed by atoms with Gasteiger partial charge in [0.2, 0.25) is 0 Å². The van der Waals surface area contributed by atoms with E-state index in [1.165, 1.54) is 25.7 Å². The van der Waals surface area contributed by atoms with Crippen molar-refractivity contribution in [1.29, 1.82) is 0 Å². The molecule has 0 bridgehead atoms. The van der Waals surface area contributed by atoms with Crippen molar-refractivity contribution in [3.05, 3.63) is 0 Å². The third kappa shape index (κ3) is 5.25. The van der Waals surface area contributed by atoms with Gasteiger partial charge in [-0.2, -0.15) is 0 Å². The van der Waals surface area contributed by atoms with E-state index in [1.807, 2.05) is 0 Å². The van der Waals surface area contributed by atoms with Crippen LogP contribution in [0.25, 0.3) is 0 Å². The first kappa shape index (κ1) is 11.0. The summed E-state index contributed by atoms with van der Waals surface area (Å²) in [4.78, 5) is 0. The lowest BCUT2D eigenvalue weighted by Gasteiger charge is -2.01. The van der Waals surface area contributed by atoms with E-state index < -0.39 is 0 Å². The van der Waals surface area contributed by atoms with Crippen molar-refractivity contribution >= 4 is 0 Å². The lowest BCUT2D eigenvalue weighted by molar-refractivity contribution is 0.227. The number of aliphatic hydroxyl groups is 1. The van der Waals surface area contributed by atoms with Crippen molar-refractivity contribution in [2.45, 2.75) is 46.5 Å². The molecule has 0 aliphatic heterocycles. The van der Waals surface area contributed by atoms with Crippen molar-refractivity contribution in [1.82, 2.24) is 0 Å². The van der Waals surface area contributed by atoms with Crippen molar-refractivity contribution in [2.24, 2.45) is 11.8 Å². The second-order valence-corrected chi connectivity index (χ2v) is 3.67. The van der Waals surface area contributed by atoms with Crippen LogP contribution in [-0.4, -0.2) is 11.7 Å². The van der Waals surface area contributed by atoms with E-state index in [0.717, 1.165) is 5.92 Å². The van der Waals surface area contributed by atoms with Crippen LogP contribution < -0.4 is 0 Å². The zero-order valence-electron chi connectivity index (χ0n) is 8.14. The zero-order valence-corrected chi connectivity index (χ0v) is 8.14. The maximum Gasteiger partial charge on any atom is 0.0459 e. The standard InChI is InChI=1S/C7H14O.C3H8/c1-6-2-3-7(4-6)5-8;1-3-2/h6-8H,2-5H2,1H3;3H2,1-2H3/t6-,7+;/m0./s1. The molecule has 0 heterocycles. The molecule has 1 aliphatic carbocycles. The highest BCUT2D eigenvalue weighted by Crippen LogP contribution is 2.29. The highest BCUT2D eigenvalue weighted by Gasteiger charge is 2.19. The molecule has 0 aromatic rings. The largest absolute Gasteiger partial charge is 0.396 e. The van der Waals surface area contributed by atoms with Gasteiger partial charge in [0.05, 0.1) is 0 Å². The molecule has 1 saturated carbocycles. The fourth-order valence-corrected chi connectivity index (χ4v) is 1.49. The second-order valence-electron chi connectivity index (χ2n) is 3.67. The first-order valence-corrected chi connectivity index (χ1v) is 4.85. The summed E-state index contributed by atoms with van der Waals surface area (Å²) in [5.74, 6) is 1.50. The van der Waals surface area contributed by atoms with Crippen LogP contribution in [-0.2, 0) is 0 Å². The molecule has 1 nitrogen and oxygen atoms in total. The second kappa shape index (κ2) is 6.66. The van der Waals surface area contributed by atoms with Crippen LogP contribution in [0.15, 0.2) is 0 Å². The van der Waals surface area contributed by atoms with Gasteiger partial charge in [0.15, 0.2) is 0 Å². The smallest absolute Gasteiger partial charge is 0.0459 e. The highest BCUT2D eigenvalue weighted by molar-refractivity contribution is 4.71. The lowest BCUT2D eigenvalue weighted by atomic mass is 10.1. The van der Waals surface area contributed by atoms with E-state index in [2.05, 4.69) is 20.8 Å². The van der Waals surface area contributed by atoms with Gasteiger partial charge in [-0.05, 0) is 24.7 Å². The maximum absolute atomic E-state index is 8.68. The van der Waals surface area contributed by atoms with Crippen molar-refractivity contribution in [2.75, 3.05) is 6.61 Å². The van der Waals surface area contributed by atoms with Gasteiger partial charge in [-0.1, -0.05) is 33.6 Å². The Kier molecular flexibility index (Phi) is 6.63. The molecular formula is C10H22O. The Hall–Kier alpha value is -0.0400. The monoisotopic (exact) mass is 158 g/mol. The van der Waals surface area contributed by atoms with Crippen LogP contribution in [0.4, 0.5) is 0 Å². The molecule has 0 spiro atoms. The summed E-state index contributed by atoms with van der Waals surface area (Å²) < 4.78 is 0. The van der Waals surface area contributed by atoms with Crippen LogP contribution in [0, 0.1) is 11.8 Å². The molecule has 0 unspecified atom stereocenters. The quantitative estimate of drug-likeness (QED) is 0.622. The normalized spacial score (nSPS) is 29.5. The zero-order chi connectivity index (χ0) is 8.69. The van der Waals surface area contributed by atoms with Crippen LogP contribution in [0.3, 0.4) is 0 Å². The van der Waals surface area contributed by atoms with Gasteiger partial charge in [0.1, 0.15) is 0 Å². The molecule has 1 heteroatoms. The predicted octanol–water partition coefficient (Wildman–Crippen LogP) is 2.83. The SMILES string of the molecule is CCC.C[C@H]1CC[C@@H](CO)C1. The van der Waals surface area contributed by atoms with Gasteiger partial charge >= 0.3 is 0 Å². The van der Waals surface area contributed by atoms with E-state index in [-0.39, 0.29) is 0 Å². The van der Waals surface area contributed by atoms with Gasteiger partial charge < -0.3 is 5.11 Å². The first-order chi connectivity index (χ1) is 5.24. The van der Waals surface area contributed by atoms with Crippen LogP contribution in [0.5, 0.6) is 0 Å². The van der Waals surface area contributed by atoms with Gasteiger partial charge in [-0.25, -0.2) is 0 Å². The van der Waals surface area contributed by atoms with Crippen LogP contribution in [0.2, 0.25) is 0 Å². The summed E-state index contributed by atoms with van der Waals surface area (Å²) >= 11 is 0. The molecule has 0 aromatic carbocycles. The van der Waals surface area contributed by atoms with E-state index in [4.69, 9.17) is 5.11 Å². The summed E-state index contributed by atoms with van der Waals surface area (Å²) in [6, 6.07) is 0. The van der Waals surface area contributed by atoms with Gasteiger partial charge in [-0.3, -0.25) is 0 Å². The van der Waals surface area contributed by atoms with E-state index in [1.54, 1.807) is 0 Å². The average Bonchev–Trinajstić information content (AvgIpc) is 2.37. The van der Waals surface area contributed by atoms with E-state index in [0.29, 0.717) is 12.5 Å². The molecule has 11 heavy (non-hydrogen) atoms. The molecule has 1 rings (SSSR count). The molecule has 1 fully saturated rings. The Labute approximate surface area is 70.8 Å². The first-order valence-electron chi connectivity index (χ1n) is 4.85. The minimum atomic E-state index is 0.407. The molecular weight excluding hydrogens is 136 g/mol. The molecule has 1 N–H and O–H groups in total. The van der Waals surface area contributed by atoms with Crippen molar-refractivity contribution in [3.63, 3.8) is 0 Å². The third-order valence-corrected chi connectivity index (χ3v) is 2.06. The third-order valence-electron chi connectivity index (χ3n) is 2.06. The molecule has 2 atom stereocenters. The molecule has 0 amide bonds. The molecule has 0 aromatic heterocycles. The summed E-state index contributed by atoms with van der Waals surface area (Å²) in [5.41, 5.74) is 0. The summed E-state index contributed by atoms with van der Waals surface area (Å²) in [6.45, 7) is 6.92. The fraction of sp³-hybridized carbons (Fsp3) is 1.00. The maximum atomic E-state index is 8.68. The topological polar surface area (TPSA) is 20.2 Å². The Bertz CT molecular complexity index is 80.9. The number of aliphatic hydroxyl groups excluding tert-OH is 1. The number of hydrogen-bond acceptors (Lipinski definition) is 1. The van der Waals surface area contributed by atoms with Gasteiger partial charge in [0, 0.05) is 6.61 Å². The molecule has 1 aliphatic rings. The minimum absolute atomic E-state index is 0.407. The molecule has 68 valence electrons. The minimum Gasteiger partial charge on any atom is -0.396 e. The van der Waals surface area contributed by atoms with E-state index >= 15 is 0 Å². The van der Waals surface area contributed by atoms with E-state index in [9.17, 15) is 0 Å². The van der Waals surface area contributed by atoms with Gasteiger partial charge in [-0.15, -0.1) is 0 Å². The lowest BCUT2D eigenvalue weighted by Crippen LogP contribution is -1.99. The summed E-state index contributed by atoms with van der Waals surface area (Å²) in [6.07, 6.45) is 5.07. The van der Waals surface area contributed by atoms with Crippen LogP contribution >= 0.6 is 0 Å². The number of hydrogen-bond donors (Lipinski definition) is 1. The highest BCUT2D eigenvalue weighted by atomic mass is 16.3. The van der Waals surface area contributed by atoms with Gasteiger partial charge in [0.25, 0.3) is 0 Å². The van der Waals surface area contributed by atoms with Crippen molar-refractivity contribution in [3.8, 4) is 0 Å². The molecule has 0 radical (unpaired) electrons. The average molecular weight is 158 g/mol. The fourth-order valence-electron chi connectivity index (χ4n) is 1.49. The number of rotatable bonds is 1. The summed E-state index contributed by atoms with van der Waals surface area (Å²) in [7, 11) is 0. The molecule has 0 saturated heterocycles. The van der Waals surface area contributed by atoms with Crippen molar-refractivity contribution < 1.29 is 5.11 Å². The Balaban J connectivity index is 0.000000292.